The summed E-state index contributed by atoms with van der Waals surface area (Å²) in [6.07, 6.45) is 0. The first-order valence-corrected chi connectivity index (χ1v) is 0. The van der Waals surface area contributed by atoms with Crippen LogP contribution < -0.4 is 29.6 Å². The van der Waals surface area contributed by atoms with Crippen LogP contribution in [-0.2, 0) is 21.7 Å². The molecule has 0 heterocycles. The van der Waals surface area contributed by atoms with Gasteiger partial charge < -0.3 is 1.43 Å². The Balaban J connectivity index is 0. The van der Waals surface area contributed by atoms with Gasteiger partial charge in [-0.1, -0.05) is 0 Å². The maximum absolute atomic E-state index is 0. The smallest absolute Gasteiger partial charge is 1.00 e. The quantitative estimate of drug-likeness (QED) is 0.301. The molecule has 0 saturated heterocycles. The summed E-state index contributed by atoms with van der Waals surface area (Å²) in [4.78, 5) is 0. The molecule has 0 bridgehead atoms. The average Bonchev–Trinajstić information content (AvgIpc) is 0. The van der Waals surface area contributed by atoms with E-state index in [1.54, 1.807) is 0 Å². The average molecular weight is 119 g/mol. The van der Waals surface area contributed by atoms with Crippen molar-refractivity contribution < 1.29 is 52.7 Å². The third-order valence-corrected chi connectivity index (χ3v) is 0. The molecule has 0 aromatic carbocycles. The minimum absolute atomic E-state index is 0. The first-order valence-electron chi connectivity index (χ1n) is 0. The van der Waals surface area contributed by atoms with E-state index in [0.29, 0.717) is 0 Å². The number of hydrogen-bond donors (Lipinski definition) is 0. The molecule has 0 aliphatic rings. The molecule has 0 amide bonds. The largest absolute Gasteiger partial charge is 1.00 e. The molecule has 0 unspecified atom stereocenters. The normalized spacial score (nSPS) is 0. The van der Waals surface area contributed by atoms with E-state index in [9.17, 15) is 0 Å². The van der Waals surface area contributed by atoms with Crippen LogP contribution in [0.1, 0.15) is 1.43 Å². The molecule has 3 radical (unpaired) electrons. The van der Waals surface area contributed by atoms with Gasteiger partial charge in [0, 0.05) is 30.1 Å². The molecule has 0 nitrogen and oxygen atoms in total. The van der Waals surface area contributed by atoms with E-state index in [1.165, 1.54) is 0 Å². The van der Waals surface area contributed by atoms with Crippen LogP contribution in [-0.4, -0.2) is 8.41 Å². The molecule has 4 heavy (non-hydrogen) atoms. The van der Waals surface area contributed by atoms with Crippen LogP contribution >= 0.6 is 12.4 Å². The van der Waals surface area contributed by atoms with Gasteiger partial charge in [0.25, 0.3) is 0 Å². The third kappa shape index (κ3) is 8.95. The van der Waals surface area contributed by atoms with Crippen molar-refractivity contribution in [2.45, 2.75) is 0 Å². The Bertz CT molecular complexity index is 11.6. The van der Waals surface area contributed by atoms with Crippen LogP contribution in [0, 0.1) is 0 Å². The summed E-state index contributed by atoms with van der Waals surface area (Å²) < 4.78 is 0. The Morgan fingerprint density at radius 2 is 1.25 bits per heavy atom. The molecule has 0 aliphatic carbocycles. The monoisotopic (exact) mass is 119 g/mol. The zero-order chi connectivity index (χ0) is 0. The molecule has 4 heteroatoms. The Morgan fingerprint density at radius 3 is 1.25 bits per heavy atom. The van der Waals surface area contributed by atoms with Crippen LogP contribution in [0.15, 0.2) is 0 Å². The second-order valence-electron chi connectivity index (χ2n) is 0. The molecule has 0 aromatic rings. The van der Waals surface area contributed by atoms with Gasteiger partial charge in [-0.2, -0.15) is 0 Å². The van der Waals surface area contributed by atoms with Crippen molar-refractivity contribution in [1.29, 1.82) is 0 Å². The van der Waals surface area contributed by atoms with Crippen molar-refractivity contribution in [3.05, 3.63) is 0 Å². The summed E-state index contributed by atoms with van der Waals surface area (Å²) in [6, 6.07) is 0. The van der Waals surface area contributed by atoms with Crippen LogP contribution in [0.25, 0.3) is 0 Å². The van der Waals surface area contributed by atoms with Crippen molar-refractivity contribution in [3.8, 4) is 0 Å². The van der Waals surface area contributed by atoms with Gasteiger partial charge in [0.2, 0.25) is 0 Å². The van der Waals surface area contributed by atoms with E-state index in [0.717, 1.165) is 0 Å². The molecule has 0 rings (SSSR count). The zero-order valence-corrected chi connectivity index (χ0v) is 6.86. The third-order valence-electron chi connectivity index (χ3n) is 0. The Kier molecular flexibility index (Phi) is 179. The minimum atomic E-state index is 0. The van der Waals surface area contributed by atoms with Gasteiger partial charge in [-0.3, -0.25) is 0 Å². The Labute approximate surface area is 72.7 Å². The summed E-state index contributed by atoms with van der Waals surface area (Å²) >= 11 is 0. The first kappa shape index (κ1) is 36.4. The maximum Gasteiger partial charge on any atom is 1.00 e. The molecule has 0 aromatic heterocycles. The van der Waals surface area contributed by atoms with Gasteiger partial charge in [0.15, 0.2) is 0 Å². The number of hydrogen-bond acceptors (Lipinski definition) is 0. The van der Waals surface area contributed by atoms with E-state index in [4.69, 9.17) is 0 Å². The summed E-state index contributed by atoms with van der Waals surface area (Å²) in [5, 5.41) is 0. The second kappa shape index (κ2) is 19.6. The standard InChI is InChI=1S/B.ClH.Na.Ti.H/h;1H;;;/q;;+1;;-1. The van der Waals surface area contributed by atoms with Crippen molar-refractivity contribution in [2.75, 3.05) is 0 Å². The molecule has 17 valence electrons. The first-order chi connectivity index (χ1) is 0. The van der Waals surface area contributed by atoms with Gasteiger partial charge in [0.1, 0.15) is 0 Å². The topological polar surface area (TPSA) is 0 Å². The van der Waals surface area contributed by atoms with Gasteiger partial charge in [-0.05, 0) is 0 Å². The fraction of sp³-hybridized carbons (Fsp3) is 0. The Hall–Kier alpha value is 2.07. The molecule has 0 aliphatic heterocycles. The molecule has 0 fully saturated rings. The van der Waals surface area contributed by atoms with Gasteiger partial charge in [0.05, 0.1) is 0 Å². The minimum Gasteiger partial charge on any atom is -1.00 e. The SMILES string of the molecule is Cl.[B].[H-].[Na+].[Ti]. The molecule has 0 spiro atoms. The molecular weight excluding hydrogens is 117 g/mol. The summed E-state index contributed by atoms with van der Waals surface area (Å²) in [7, 11) is 0. The van der Waals surface area contributed by atoms with Crippen molar-refractivity contribution >= 4 is 20.8 Å². The van der Waals surface area contributed by atoms with Crippen molar-refractivity contribution in [2.24, 2.45) is 0 Å². The van der Waals surface area contributed by atoms with Crippen LogP contribution in [0.4, 0.5) is 0 Å². The van der Waals surface area contributed by atoms with Crippen LogP contribution in [0.3, 0.4) is 0 Å². The van der Waals surface area contributed by atoms with Gasteiger partial charge in [-0.25, -0.2) is 0 Å². The van der Waals surface area contributed by atoms with E-state index in [-0.39, 0.29) is 73.5 Å². The van der Waals surface area contributed by atoms with Crippen LogP contribution in [0.5, 0.6) is 0 Å². The number of rotatable bonds is 0. The fourth-order valence-electron chi connectivity index (χ4n) is 0. The van der Waals surface area contributed by atoms with Crippen LogP contribution in [0.2, 0.25) is 0 Å². The van der Waals surface area contributed by atoms with E-state index < -0.39 is 0 Å². The molecule has 0 atom stereocenters. The molecule has 0 N–H and O–H groups in total. The summed E-state index contributed by atoms with van der Waals surface area (Å²) in [5.74, 6) is 0. The second-order valence-corrected chi connectivity index (χ2v) is 0. The zero-order valence-electron chi connectivity index (χ0n) is 3.49. The van der Waals surface area contributed by atoms with E-state index >= 15 is 0 Å². The van der Waals surface area contributed by atoms with E-state index in [1.807, 2.05) is 0 Å². The van der Waals surface area contributed by atoms with E-state index in [2.05, 4.69) is 0 Å². The summed E-state index contributed by atoms with van der Waals surface area (Å²) in [6.45, 7) is 0. The number of halogens is 1. The predicted molar refractivity (Wildman–Crippen MR) is 14.1 cm³/mol. The maximum atomic E-state index is 0. The fourth-order valence-corrected chi connectivity index (χ4v) is 0. The van der Waals surface area contributed by atoms with Gasteiger partial charge >= 0.3 is 29.6 Å². The van der Waals surface area contributed by atoms with Gasteiger partial charge in [-0.15, -0.1) is 12.4 Å². The van der Waals surface area contributed by atoms with Crippen molar-refractivity contribution in [3.63, 3.8) is 0 Å². The Morgan fingerprint density at radius 1 is 1.25 bits per heavy atom. The summed E-state index contributed by atoms with van der Waals surface area (Å²) in [5.41, 5.74) is 0. The molecule has 0 saturated carbocycles. The van der Waals surface area contributed by atoms with Crippen molar-refractivity contribution in [1.82, 2.24) is 0 Å². The predicted octanol–water partition coefficient (Wildman–Crippen LogP) is -2.85. The molecular formula is H2BClNaTi.